The average molecular weight is 238 g/mol. The number of carbonyl (C=O) groups is 1. The summed E-state index contributed by atoms with van der Waals surface area (Å²) in [6.07, 6.45) is 3.00. The van der Waals surface area contributed by atoms with E-state index >= 15 is 0 Å². The van der Waals surface area contributed by atoms with E-state index in [1.807, 2.05) is 12.1 Å². The minimum atomic E-state index is -0.266. The number of hydrogen-bond acceptors (Lipinski definition) is 4. The summed E-state index contributed by atoms with van der Waals surface area (Å²) in [4.78, 5) is 14.0. The number of aliphatic hydroxyl groups is 1. The third-order valence-electron chi connectivity index (χ3n) is 2.95. The summed E-state index contributed by atoms with van der Waals surface area (Å²) in [5, 5.41) is 12.1. The summed E-state index contributed by atoms with van der Waals surface area (Å²) in [7, 11) is 0. The highest BCUT2D eigenvalue weighted by Gasteiger charge is 2.26. The quantitative estimate of drug-likeness (QED) is 0.794. The van der Waals surface area contributed by atoms with Crippen molar-refractivity contribution in [2.45, 2.75) is 25.4 Å². The van der Waals surface area contributed by atoms with Gasteiger partial charge in [0, 0.05) is 13.2 Å². The van der Waals surface area contributed by atoms with Crippen LogP contribution in [0.25, 0.3) is 0 Å². The van der Waals surface area contributed by atoms with E-state index in [1.54, 1.807) is 11.2 Å². The minimum absolute atomic E-state index is 0.0258. The molecule has 1 amide bonds. The van der Waals surface area contributed by atoms with Crippen molar-refractivity contribution in [3.8, 4) is 0 Å². The lowest BCUT2D eigenvalue weighted by Crippen LogP contribution is -2.43. The first kappa shape index (κ1) is 12.1. The first-order valence-corrected chi connectivity index (χ1v) is 5.96. The van der Waals surface area contributed by atoms with Gasteiger partial charge in [0.25, 0.3) is 0 Å². The van der Waals surface area contributed by atoms with Crippen molar-refractivity contribution in [2.24, 2.45) is 0 Å². The second kappa shape index (κ2) is 5.84. The zero-order valence-corrected chi connectivity index (χ0v) is 9.76. The van der Waals surface area contributed by atoms with Crippen LogP contribution in [0.4, 0.5) is 0 Å². The Hall–Kier alpha value is -1.33. The Balaban J connectivity index is 2.01. The maximum Gasteiger partial charge on any atom is 0.240 e. The molecule has 5 heteroatoms. The molecule has 17 heavy (non-hydrogen) atoms. The molecule has 0 aliphatic carbocycles. The smallest absolute Gasteiger partial charge is 0.240 e. The molecule has 1 fully saturated rings. The van der Waals surface area contributed by atoms with Crippen LogP contribution >= 0.6 is 0 Å². The summed E-state index contributed by atoms with van der Waals surface area (Å²) < 4.78 is 5.26. The predicted octanol–water partition coefficient (Wildman–Crippen LogP) is 0.352. The number of nitrogens with one attached hydrogen (secondary N) is 1. The number of nitrogens with zero attached hydrogens (tertiary/aromatic N) is 1. The highest BCUT2D eigenvalue weighted by molar-refractivity contribution is 5.82. The van der Waals surface area contributed by atoms with E-state index in [2.05, 4.69) is 5.32 Å². The van der Waals surface area contributed by atoms with Gasteiger partial charge in [-0.1, -0.05) is 0 Å². The summed E-state index contributed by atoms with van der Waals surface area (Å²) in [6.45, 7) is 2.08. The molecule has 1 unspecified atom stereocenters. The molecule has 0 spiro atoms. The number of hydrogen-bond donors (Lipinski definition) is 2. The van der Waals surface area contributed by atoms with Gasteiger partial charge in [-0.25, -0.2) is 0 Å². The standard InChI is InChI=1S/C12H18N2O3/c15-7-4-11-12(16)14(6-2-5-13-11)9-10-3-1-8-17-10/h1,3,8,11,13,15H,2,4-7,9H2. The molecule has 0 bridgehead atoms. The van der Waals surface area contributed by atoms with Crippen LogP contribution in [-0.4, -0.2) is 41.7 Å². The zero-order chi connectivity index (χ0) is 12.1. The summed E-state index contributed by atoms with van der Waals surface area (Å²) in [5.74, 6) is 0.843. The Labute approximate surface area is 100 Å². The molecule has 0 saturated carbocycles. The van der Waals surface area contributed by atoms with E-state index in [-0.39, 0.29) is 18.6 Å². The van der Waals surface area contributed by atoms with Gasteiger partial charge < -0.3 is 19.7 Å². The van der Waals surface area contributed by atoms with Crippen molar-refractivity contribution >= 4 is 5.91 Å². The number of furan rings is 1. The van der Waals surface area contributed by atoms with E-state index in [9.17, 15) is 4.79 Å². The normalized spacial score (nSPS) is 21.6. The van der Waals surface area contributed by atoms with Gasteiger partial charge in [0.2, 0.25) is 5.91 Å². The molecule has 2 heterocycles. The van der Waals surface area contributed by atoms with E-state index in [0.29, 0.717) is 13.0 Å². The van der Waals surface area contributed by atoms with Crippen molar-refractivity contribution in [3.63, 3.8) is 0 Å². The third kappa shape index (κ3) is 3.08. The van der Waals surface area contributed by atoms with Gasteiger partial charge in [-0.3, -0.25) is 4.79 Å². The average Bonchev–Trinajstić information content (AvgIpc) is 2.77. The van der Waals surface area contributed by atoms with E-state index in [0.717, 1.165) is 25.3 Å². The Bertz CT molecular complexity index is 351. The Morgan fingerprint density at radius 1 is 1.59 bits per heavy atom. The van der Waals surface area contributed by atoms with Crippen molar-refractivity contribution in [1.29, 1.82) is 0 Å². The van der Waals surface area contributed by atoms with Crippen LogP contribution < -0.4 is 5.32 Å². The number of carbonyl (C=O) groups excluding carboxylic acids is 1. The molecular weight excluding hydrogens is 220 g/mol. The van der Waals surface area contributed by atoms with Gasteiger partial charge in [-0.2, -0.15) is 0 Å². The monoisotopic (exact) mass is 238 g/mol. The van der Waals surface area contributed by atoms with Crippen molar-refractivity contribution in [3.05, 3.63) is 24.2 Å². The third-order valence-corrected chi connectivity index (χ3v) is 2.95. The molecule has 1 saturated heterocycles. The fourth-order valence-corrected chi connectivity index (χ4v) is 2.07. The van der Waals surface area contributed by atoms with Gasteiger partial charge >= 0.3 is 0 Å². The lowest BCUT2D eigenvalue weighted by molar-refractivity contribution is -0.133. The number of aliphatic hydroxyl groups excluding tert-OH is 1. The Morgan fingerprint density at radius 2 is 2.47 bits per heavy atom. The first-order valence-electron chi connectivity index (χ1n) is 5.96. The molecule has 1 aliphatic rings. The molecular formula is C12H18N2O3. The fraction of sp³-hybridized carbons (Fsp3) is 0.583. The second-order valence-electron chi connectivity index (χ2n) is 4.21. The van der Waals surface area contributed by atoms with Gasteiger partial charge in [-0.15, -0.1) is 0 Å². The molecule has 1 aromatic rings. The first-order chi connectivity index (χ1) is 8.31. The maximum absolute atomic E-state index is 12.2. The predicted molar refractivity (Wildman–Crippen MR) is 62.2 cm³/mol. The summed E-state index contributed by atoms with van der Waals surface area (Å²) >= 11 is 0. The van der Waals surface area contributed by atoms with Crippen LogP contribution in [0, 0.1) is 0 Å². The largest absolute Gasteiger partial charge is 0.467 e. The van der Waals surface area contributed by atoms with Crippen molar-refractivity contribution in [2.75, 3.05) is 19.7 Å². The molecule has 1 aliphatic heterocycles. The molecule has 2 rings (SSSR count). The van der Waals surface area contributed by atoms with E-state index in [4.69, 9.17) is 9.52 Å². The van der Waals surface area contributed by atoms with Crippen molar-refractivity contribution < 1.29 is 14.3 Å². The Kier molecular flexibility index (Phi) is 4.17. The van der Waals surface area contributed by atoms with Gasteiger partial charge in [-0.05, 0) is 31.5 Å². The van der Waals surface area contributed by atoms with Crippen LogP contribution in [-0.2, 0) is 11.3 Å². The van der Waals surface area contributed by atoms with Gasteiger partial charge in [0.15, 0.2) is 0 Å². The van der Waals surface area contributed by atoms with Crippen LogP contribution in [0.3, 0.4) is 0 Å². The van der Waals surface area contributed by atoms with E-state index in [1.165, 1.54) is 0 Å². The van der Waals surface area contributed by atoms with Gasteiger partial charge in [0.1, 0.15) is 5.76 Å². The number of rotatable bonds is 4. The highest BCUT2D eigenvalue weighted by Crippen LogP contribution is 2.11. The lowest BCUT2D eigenvalue weighted by Gasteiger charge is -2.23. The molecule has 94 valence electrons. The maximum atomic E-state index is 12.2. The minimum Gasteiger partial charge on any atom is -0.467 e. The van der Waals surface area contributed by atoms with Gasteiger partial charge in [0.05, 0.1) is 18.8 Å². The summed E-state index contributed by atoms with van der Waals surface area (Å²) in [5.41, 5.74) is 0. The molecule has 1 atom stereocenters. The second-order valence-corrected chi connectivity index (χ2v) is 4.21. The fourth-order valence-electron chi connectivity index (χ4n) is 2.07. The summed E-state index contributed by atoms with van der Waals surface area (Å²) in [6, 6.07) is 3.42. The molecule has 5 nitrogen and oxygen atoms in total. The van der Waals surface area contributed by atoms with Crippen LogP contribution in [0.2, 0.25) is 0 Å². The topological polar surface area (TPSA) is 65.7 Å². The lowest BCUT2D eigenvalue weighted by atomic mass is 10.2. The Morgan fingerprint density at radius 3 is 3.18 bits per heavy atom. The zero-order valence-electron chi connectivity index (χ0n) is 9.76. The molecule has 0 aromatic carbocycles. The molecule has 2 N–H and O–H groups in total. The SMILES string of the molecule is O=C1C(CCO)NCCCN1Cc1ccco1. The van der Waals surface area contributed by atoms with Crippen molar-refractivity contribution in [1.82, 2.24) is 10.2 Å². The number of amides is 1. The van der Waals surface area contributed by atoms with Crippen LogP contribution in [0.5, 0.6) is 0 Å². The van der Waals surface area contributed by atoms with E-state index < -0.39 is 0 Å². The molecule has 0 radical (unpaired) electrons. The van der Waals surface area contributed by atoms with Crippen LogP contribution in [0.1, 0.15) is 18.6 Å². The molecule has 1 aromatic heterocycles. The van der Waals surface area contributed by atoms with Crippen LogP contribution in [0.15, 0.2) is 22.8 Å². The highest BCUT2D eigenvalue weighted by atomic mass is 16.3.